The number of ether oxygens (including phenoxy) is 1. The molecule has 2 bridgehead atoms. The molecule has 2 fully saturated rings. The normalized spacial score (nSPS) is 31.8. The van der Waals surface area contributed by atoms with Gasteiger partial charge in [-0.25, -0.2) is 4.79 Å². The summed E-state index contributed by atoms with van der Waals surface area (Å²) in [5, 5.41) is 0. The number of hydrogen-bond acceptors (Lipinski definition) is 3. The lowest BCUT2D eigenvalue weighted by Crippen LogP contribution is -2.49. The largest absolute Gasteiger partial charge is 0.444 e. The smallest absolute Gasteiger partial charge is 0.411 e. The van der Waals surface area contributed by atoms with Crippen molar-refractivity contribution in [1.29, 1.82) is 0 Å². The molecule has 0 aromatic rings. The van der Waals surface area contributed by atoms with E-state index in [0.717, 1.165) is 19.3 Å². The van der Waals surface area contributed by atoms with Crippen LogP contribution in [0.4, 0.5) is 4.79 Å². The van der Waals surface area contributed by atoms with Gasteiger partial charge in [0.25, 0.3) is 0 Å². The van der Waals surface area contributed by atoms with Crippen LogP contribution in [0.25, 0.3) is 0 Å². The van der Waals surface area contributed by atoms with Gasteiger partial charge in [-0.1, -0.05) is 0 Å². The molecule has 4 nitrogen and oxygen atoms in total. The summed E-state index contributed by atoms with van der Waals surface area (Å²) in [7, 11) is 0. The van der Waals surface area contributed by atoms with Crippen molar-refractivity contribution in [3.63, 3.8) is 0 Å². The predicted octanol–water partition coefficient (Wildman–Crippen LogP) is 2.74. The Morgan fingerprint density at radius 2 is 1.94 bits per heavy atom. The van der Waals surface area contributed by atoms with Crippen molar-refractivity contribution in [1.82, 2.24) is 4.90 Å². The van der Waals surface area contributed by atoms with Crippen LogP contribution in [-0.4, -0.2) is 32.5 Å². The van der Waals surface area contributed by atoms with Crippen molar-refractivity contribution >= 4 is 32.5 Å². The van der Waals surface area contributed by atoms with E-state index in [1.54, 1.807) is 27.5 Å². The summed E-state index contributed by atoms with van der Waals surface area (Å²) in [5.74, 6) is 0.344. The highest BCUT2D eigenvalue weighted by Crippen LogP contribution is 2.44. The van der Waals surface area contributed by atoms with E-state index in [2.05, 4.69) is 0 Å². The van der Waals surface area contributed by atoms with Gasteiger partial charge in [0, 0.05) is 28.6 Å². The third-order valence-corrected chi connectivity index (χ3v) is 4.06. The molecule has 1 saturated carbocycles. The molecule has 0 spiro atoms. The molecule has 0 aromatic heterocycles. The van der Waals surface area contributed by atoms with Crippen LogP contribution in [0.1, 0.15) is 40.0 Å². The van der Waals surface area contributed by atoms with Crippen LogP contribution in [0.2, 0.25) is 0 Å². The van der Waals surface area contributed by atoms with Crippen molar-refractivity contribution in [2.45, 2.75) is 57.7 Å². The van der Waals surface area contributed by atoms with Gasteiger partial charge >= 0.3 is 6.09 Å². The third kappa shape index (κ3) is 2.58. The highest BCUT2D eigenvalue weighted by Gasteiger charge is 2.51. The van der Waals surface area contributed by atoms with Crippen LogP contribution in [0.15, 0.2) is 0 Å². The average molecular weight is 351 g/mol. The molecule has 0 N–H and O–H groups in total. The lowest BCUT2D eigenvalue weighted by Gasteiger charge is -2.34. The monoisotopic (exact) mass is 351 g/mol. The molecule has 17 heavy (non-hydrogen) atoms. The van der Waals surface area contributed by atoms with Crippen molar-refractivity contribution in [3.8, 4) is 0 Å². The minimum absolute atomic E-state index is 0.0562. The molecular formula is C12H18INO3. The molecule has 0 radical (unpaired) electrons. The quantitative estimate of drug-likeness (QED) is 0.539. The minimum atomic E-state index is -0.502. The molecule has 1 heterocycles. The number of piperidine rings is 1. The topological polar surface area (TPSA) is 46.6 Å². The Hall–Kier alpha value is -0.330. The third-order valence-electron chi connectivity index (χ3n) is 3.42. The summed E-state index contributed by atoms with van der Waals surface area (Å²) >= 11 is 1.80. The Bertz CT molecular complexity index is 350. The van der Waals surface area contributed by atoms with E-state index >= 15 is 0 Å². The molecule has 5 heteroatoms. The van der Waals surface area contributed by atoms with Gasteiger partial charge in [0.1, 0.15) is 11.6 Å². The maximum absolute atomic E-state index is 12.1. The van der Waals surface area contributed by atoms with Crippen LogP contribution in [0.3, 0.4) is 0 Å². The van der Waals surface area contributed by atoms with E-state index in [-0.39, 0.29) is 22.0 Å². The summed E-state index contributed by atoms with van der Waals surface area (Å²) in [6.45, 7) is 5.54. The molecule has 2 aliphatic rings. The molecule has 2 rings (SSSR count). The van der Waals surface area contributed by atoms with Crippen LogP contribution >= 0.6 is 22.6 Å². The first kappa shape index (κ1) is 13.1. The molecule has 96 valence electrons. The Balaban J connectivity index is 2.14. The fraction of sp³-hybridized carbons (Fsp3) is 0.833. The van der Waals surface area contributed by atoms with Gasteiger partial charge in [-0.05, 0) is 46.0 Å². The SMILES string of the molecule is CC(C)(C)OC(=O)N1C2CC[C@@H](C2)[C@H]1C(=O)I. The second-order valence-corrected chi connectivity index (χ2v) is 6.93. The zero-order valence-corrected chi connectivity index (χ0v) is 12.6. The zero-order valence-electron chi connectivity index (χ0n) is 10.4. The maximum Gasteiger partial charge on any atom is 0.411 e. The molecule has 0 aromatic carbocycles. The number of carbonyl (C=O) groups is 2. The molecule has 1 unspecified atom stereocenters. The summed E-state index contributed by atoms with van der Waals surface area (Å²) in [4.78, 5) is 25.4. The second-order valence-electron chi connectivity index (χ2n) is 5.86. The fourth-order valence-corrected chi connectivity index (χ4v) is 3.67. The number of rotatable bonds is 1. The highest BCUT2D eigenvalue weighted by atomic mass is 127. The first-order chi connectivity index (χ1) is 7.79. The Labute approximate surface area is 115 Å². The summed E-state index contributed by atoms with van der Waals surface area (Å²) in [6, 6.07) is -0.0530. The van der Waals surface area contributed by atoms with Crippen molar-refractivity contribution in [2.75, 3.05) is 0 Å². The zero-order chi connectivity index (χ0) is 12.8. The van der Waals surface area contributed by atoms with E-state index in [9.17, 15) is 9.59 Å². The number of amides is 1. The molecule has 3 atom stereocenters. The molecule has 1 aliphatic carbocycles. The van der Waals surface area contributed by atoms with Gasteiger partial charge in [0.15, 0.2) is 0 Å². The van der Waals surface area contributed by atoms with Crippen molar-refractivity contribution in [3.05, 3.63) is 0 Å². The van der Waals surface area contributed by atoms with E-state index in [1.807, 2.05) is 20.8 Å². The lowest BCUT2D eigenvalue weighted by atomic mass is 10.0. The van der Waals surface area contributed by atoms with Crippen LogP contribution in [-0.2, 0) is 9.53 Å². The molecule has 1 amide bonds. The van der Waals surface area contributed by atoms with E-state index in [4.69, 9.17) is 4.74 Å². The first-order valence-electron chi connectivity index (χ1n) is 6.00. The van der Waals surface area contributed by atoms with Crippen LogP contribution in [0.5, 0.6) is 0 Å². The summed E-state index contributed by atoms with van der Waals surface area (Å²) in [6.07, 6.45) is 2.69. The number of hydrogen-bond donors (Lipinski definition) is 0. The van der Waals surface area contributed by atoms with Gasteiger partial charge < -0.3 is 4.74 Å². The van der Waals surface area contributed by atoms with E-state index < -0.39 is 5.60 Å². The second kappa shape index (κ2) is 4.40. The summed E-state index contributed by atoms with van der Waals surface area (Å²) in [5.41, 5.74) is -0.502. The lowest BCUT2D eigenvalue weighted by molar-refractivity contribution is -0.115. The number of halogens is 1. The van der Waals surface area contributed by atoms with Gasteiger partial charge in [0.2, 0.25) is 3.79 Å². The minimum Gasteiger partial charge on any atom is -0.444 e. The number of nitrogens with zero attached hydrogens (tertiary/aromatic N) is 1. The number of carbonyl (C=O) groups excluding carboxylic acids is 2. The average Bonchev–Trinajstić information content (AvgIpc) is 2.72. The van der Waals surface area contributed by atoms with Crippen molar-refractivity contribution in [2.24, 2.45) is 5.92 Å². The molecule has 1 saturated heterocycles. The summed E-state index contributed by atoms with van der Waals surface area (Å²) < 4.78 is 5.44. The van der Waals surface area contributed by atoms with Crippen molar-refractivity contribution < 1.29 is 14.3 Å². The molecular weight excluding hydrogens is 333 g/mol. The fourth-order valence-electron chi connectivity index (χ4n) is 2.86. The Kier molecular flexibility index (Phi) is 3.40. The van der Waals surface area contributed by atoms with E-state index in [1.165, 1.54) is 0 Å². The van der Waals surface area contributed by atoms with Crippen LogP contribution in [0, 0.1) is 5.92 Å². The van der Waals surface area contributed by atoms with Gasteiger partial charge in [0.05, 0.1) is 0 Å². The van der Waals surface area contributed by atoms with Gasteiger partial charge in [-0.2, -0.15) is 0 Å². The van der Waals surface area contributed by atoms with Gasteiger partial charge in [-0.15, -0.1) is 0 Å². The Morgan fingerprint density at radius 1 is 1.29 bits per heavy atom. The Morgan fingerprint density at radius 3 is 2.47 bits per heavy atom. The van der Waals surface area contributed by atoms with Gasteiger partial charge in [-0.3, -0.25) is 9.69 Å². The predicted molar refractivity (Wildman–Crippen MR) is 72.0 cm³/mol. The first-order valence-corrected chi connectivity index (χ1v) is 7.08. The number of fused-ring (bicyclic) bond motifs is 2. The number of likely N-dealkylation sites (tertiary alicyclic amines) is 1. The molecule has 1 aliphatic heterocycles. The highest BCUT2D eigenvalue weighted by molar-refractivity contribution is 14.1. The van der Waals surface area contributed by atoms with E-state index in [0.29, 0.717) is 5.92 Å². The standard InChI is InChI=1S/C12H18INO3/c1-12(2,3)17-11(16)14-8-5-4-7(6-8)9(14)10(13)15/h7-9H,4-6H2,1-3H3/t7-,8?,9-/m0/s1. The van der Waals surface area contributed by atoms with Crippen LogP contribution < -0.4 is 0 Å². The maximum atomic E-state index is 12.1.